The number of methoxy groups -OCH3 is 1. The Morgan fingerprint density at radius 2 is 1.82 bits per heavy atom. The molecule has 0 unspecified atom stereocenters. The summed E-state index contributed by atoms with van der Waals surface area (Å²) in [6.45, 7) is 2.22. The number of hydrogen-bond acceptors (Lipinski definition) is 5. The highest BCUT2D eigenvalue weighted by Gasteiger charge is 2.14. The van der Waals surface area contributed by atoms with Gasteiger partial charge in [0.25, 0.3) is 0 Å². The lowest BCUT2D eigenvalue weighted by molar-refractivity contribution is 0.0514. The Kier molecular flexibility index (Phi) is 6.10. The number of benzene rings is 2. The number of rotatable bonds is 7. The van der Waals surface area contributed by atoms with Crippen LogP contribution in [0.2, 0.25) is 0 Å². The van der Waals surface area contributed by atoms with Crippen LogP contribution in [0.4, 0.5) is 0 Å². The molecule has 28 heavy (non-hydrogen) atoms. The standard InChI is InChI=1S/C22H20N2O4/c1-3-27-22(25)16-8-10-18(11-9-16)24-13-17(12-23)20(14-24)19-6-4-5-7-21(19)28-15-26-2/h4-11,13-14H,3,15H2,1-2H3. The summed E-state index contributed by atoms with van der Waals surface area (Å²) in [6, 6.07) is 16.7. The van der Waals surface area contributed by atoms with Crippen molar-refractivity contribution in [2.75, 3.05) is 20.5 Å². The molecule has 3 rings (SSSR count). The first-order valence-electron chi connectivity index (χ1n) is 8.78. The number of para-hydroxylation sites is 1. The molecule has 0 bridgehead atoms. The fourth-order valence-corrected chi connectivity index (χ4v) is 2.83. The summed E-state index contributed by atoms with van der Waals surface area (Å²) in [6.07, 6.45) is 3.62. The molecule has 0 spiro atoms. The van der Waals surface area contributed by atoms with Crippen molar-refractivity contribution >= 4 is 5.97 Å². The van der Waals surface area contributed by atoms with Crippen LogP contribution in [0, 0.1) is 11.3 Å². The lowest BCUT2D eigenvalue weighted by atomic mass is 10.0. The molecule has 0 saturated carbocycles. The molecule has 142 valence electrons. The molecule has 0 amide bonds. The van der Waals surface area contributed by atoms with Gasteiger partial charge in [0.2, 0.25) is 0 Å². The van der Waals surface area contributed by atoms with Crippen LogP contribution in [-0.4, -0.2) is 31.0 Å². The monoisotopic (exact) mass is 376 g/mol. The molecule has 6 heteroatoms. The Labute approximate surface area is 163 Å². The topological polar surface area (TPSA) is 73.5 Å². The predicted molar refractivity (Wildman–Crippen MR) is 104 cm³/mol. The number of nitrogens with zero attached hydrogens (tertiary/aromatic N) is 2. The van der Waals surface area contributed by atoms with Crippen molar-refractivity contribution in [3.8, 4) is 28.6 Å². The zero-order valence-corrected chi connectivity index (χ0v) is 15.7. The van der Waals surface area contributed by atoms with Crippen LogP contribution in [0.5, 0.6) is 5.75 Å². The highest BCUT2D eigenvalue weighted by Crippen LogP contribution is 2.33. The van der Waals surface area contributed by atoms with Gasteiger partial charge in [0.05, 0.1) is 17.7 Å². The Balaban J connectivity index is 1.96. The minimum atomic E-state index is -0.357. The van der Waals surface area contributed by atoms with E-state index in [0.29, 0.717) is 23.5 Å². The molecule has 0 atom stereocenters. The summed E-state index contributed by atoms with van der Waals surface area (Å²) in [5.74, 6) is 0.278. The first-order chi connectivity index (χ1) is 13.7. The Hall–Kier alpha value is -3.56. The zero-order valence-electron chi connectivity index (χ0n) is 15.7. The van der Waals surface area contributed by atoms with E-state index >= 15 is 0 Å². The molecule has 0 radical (unpaired) electrons. The average Bonchev–Trinajstić information content (AvgIpc) is 3.17. The normalized spacial score (nSPS) is 10.3. The fraction of sp³-hybridized carbons (Fsp3) is 0.182. The van der Waals surface area contributed by atoms with Crippen LogP contribution < -0.4 is 4.74 Å². The van der Waals surface area contributed by atoms with Gasteiger partial charge in [-0.25, -0.2) is 4.79 Å². The van der Waals surface area contributed by atoms with Crippen molar-refractivity contribution in [2.45, 2.75) is 6.92 Å². The van der Waals surface area contributed by atoms with Crippen LogP contribution in [0.25, 0.3) is 16.8 Å². The largest absolute Gasteiger partial charge is 0.467 e. The maximum absolute atomic E-state index is 11.8. The smallest absolute Gasteiger partial charge is 0.338 e. The number of hydrogen-bond donors (Lipinski definition) is 0. The molecule has 0 N–H and O–H groups in total. The first kappa shape index (κ1) is 19.2. The zero-order chi connectivity index (χ0) is 19.9. The molecule has 0 aliphatic carbocycles. The van der Waals surface area contributed by atoms with E-state index in [-0.39, 0.29) is 12.8 Å². The van der Waals surface area contributed by atoms with Crippen LogP contribution in [0.15, 0.2) is 60.9 Å². The predicted octanol–water partition coefficient (Wildman–Crippen LogP) is 4.18. The van der Waals surface area contributed by atoms with Gasteiger partial charge in [-0.2, -0.15) is 5.26 Å². The minimum Gasteiger partial charge on any atom is -0.467 e. The van der Waals surface area contributed by atoms with Gasteiger partial charge in [-0.15, -0.1) is 0 Å². The van der Waals surface area contributed by atoms with E-state index in [4.69, 9.17) is 14.2 Å². The van der Waals surface area contributed by atoms with Crippen LogP contribution in [0.1, 0.15) is 22.8 Å². The summed E-state index contributed by atoms with van der Waals surface area (Å²) in [5.41, 5.74) is 3.38. The maximum Gasteiger partial charge on any atom is 0.338 e. The lowest BCUT2D eigenvalue weighted by Crippen LogP contribution is -2.04. The number of carbonyl (C=O) groups excluding carboxylic acids is 1. The molecule has 0 aliphatic rings. The second-order valence-corrected chi connectivity index (χ2v) is 5.92. The van der Waals surface area contributed by atoms with E-state index in [2.05, 4.69) is 6.07 Å². The summed E-state index contributed by atoms with van der Waals surface area (Å²) in [7, 11) is 1.56. The van der Waals surface area contributed by atoms with Gasteiger partial charge in [0.1, 0.15) is 11.8 Å². The van der Waals surface area contributed by atoms with Gasteiger partial charge in [0, 0.05) is 36.3 Å². The third-order valence-electron chi connectivity index (χ3n) is 4.13. The second-order valence-electron chi connectivity index (χ2n) is 5.92. The van der Waals surface area contributed by atoms with E-state index < -0.39 is 0 Å². The summed E-state index contributed by atoms with van der Waals surface area (Å²) >= 11 is 0. The molecule has 3 aromatic rings. The fourth-order valence-electron chi connectivity index (χ4n) is 2.83. The second kappa shape index (κ2) is 8.89. The van der Waals surface area contributed by atoms with Crippen molar-refractivity contribution in [1.82, 2.24) is 4.57 Å². The van der Waals surface area contributed by atoms with Gasteiger partial charge in [0.15, 0.2) is 6.79 Å². The van der Waals surface area contributed by atoms with Gasteiger partial charge in [-0.05, 0) is 37.3 Å². The SMILES string of the molecule is CCOC(=O)c1ccc(-n2cc(C#N)c(-c3ccccc3OCOC)c2)cc1. The molecule has 0 fully saturated rings. The van der Waals surface area contributed by atoms with Crippen molar-refractivity contribution in [1.29, 1.82) is 5.26 Å². The number of carbonyl (C=O) groups is 1. The molecular formula is C22H20N2O4. The number of esters is 1. The van der Waals surface area contributed by atoms with Crippen molar-refractivity contribution in [2.24, 2.45) is 0 Å². The number of nitriles is 1. The molecule has 1 heterocycles. The highest BCUT2D eigenvalue weighted by atomic mass is 16.7. The van der Waals surface area contributed by atoms with Crippen LogP contribution >= 0.6 is 0 Å². The average molecular weight is 376 g/mol. The van der Waals surface area contributed by atoms with E-state index in [1.54, 1.807) is 32.4 Å². The van der Waals surface area contributed by atoms with Gasteiger partial charge in [-0.3, -0.25) is 0 Å². The van der Waals surface area contributed by atoms with E-state index in [9.17, 15) is 10.1 Å². The number of ether oxygens (including phenoxy) is 3. The molecule has 0 saturated heterocycles. The van der Waals surface area contributed by atoms with Crippen molar-refractivity contribution in [3.05, 3.63) is 72.1 Å². The van der Waals surface area contributed by atoms with E-state index in [1.165, 1.54) is 0 Å². The number of aromatic nitrogens is 1. The molecule has 0 aliphatic heterocycles. The van der Waals surface area contributed by atoms with E-state index in [1.807, 2.05) is 47.2 Å². The third-order valence-corrected chi connectivity index (χ3v) is 4.13. The van der Waals surface area contributed by atoms with Gasteiger partial charge < -0.3 is 18.8 Å². The van der Waals surface area contributed by atoms with Gasteiger partial charge in [-0.1, -0.05) is 18.2 Å². The summed E-state index contributed by atoms with van der Waals surface area (Å²) in [5, 5.41) is 9.59. The summed E-state index contributed by atoms with van der Waals surface area (Å²) < 4.78 is 17.5. The van der Waals surface area contributed by atoms with Gasteiger partial charge >= 0.3 is 5.97 Å². The summed E-state index contributed by atoms with van der Waals surface area (Å²) in [4.78, 5) is 11.8. The Morgan fingerprint density at radius 1 is 1.07 bits per heavy atom. The lowest BCUT2D eigenvalue weighted by Gasteiger charge is -2.10. The Bertz CT molecular complexity index is 1000. The minimum absolute atomic E-state index is 0.120. The molecule has 2 aromatic carbocycles. The van der Waals surface area contributed by atoms with Crippen molar-refractivity contribution in [3.63, 3.8) is 0 Å². The maximum atomic E-state index is 11.8. The van der Waals surface area contributed by atoms with Crippen LogP contribution in [0.3, 0.4) is 0 Å². The third kappa shape index (κ3) is 4.05. The first-order valence-corrected chi connectivity index (χ1v) is 8.78. The van der Waals surface area contributed by atoms with E-state index in [0.717, 1.165) is 16.8 Å². The van der Waals surface area contributed by atoms with Crippen molar-refractivity contribution < 1.29 is 19.0 Å². The molecule has 6 nitrogen and oxygen atoms in total. The quantitative estimate of drug-likeness (QED) is 0.457. The van der Waals surface area contributed by atoms with Crippen LogP contribution in [-0.2, 0) is 9.47 Å². The highest BCUT2D eigenvalue weighted by molar-refractivity contribution is 5.89. The molecular weight excluding hydrogens is 356 g/mol. The Morgan fingerprint density at radius 3 is 2.50 bits per heavy atom. The molecule has 1 aromatic heterocycles.